The first-order chi connectivity index (χ1) is 9.33. The fourth-order valence-corrected chi connectivity index (χ4v) is 3.82. The summed E-state index contributed by atoms with van der Waals surface area (Å²) < 4.78 is 0. The lowest BCUT2D eigenvalue weighted by atomic mass is 9.87. The number of nitrogens with zero attached hydrogens (tertiary/aromatic N) is 2. The molecule has 19 heavy (non-hydrogen) atoms. The van der Waals surface area contributed by atoms with Gasteiger partial charge in [0, 0.05) is 6.54 Å². The molecule has 1 N–H and O–H groups in total. The highest BCUT2D eigenvalue weighted by atomic mass is 35.5. The molecule has 2 aromatic heterocycles. The maximum Gasteiger partial charge on any atom is 0.225 e. The van der Waals surface area contributed by atoms with Crippen molar-refractivity contribution in [2.45, 2.75) is 38.5 Å². The molecule has 0 amide bonds. The molecule has 2 heterocycles. The van der Waals surface area contributed by atoms with Crippen molar-refractivity contribution in [3.63, 3.8) is 0 Å². The Labute approximate surface area is 122 Å². The second-order valence-corrected chi connectivity index (χ2v) is 6.43. The summed E-state index contributed by atoms with van der Waals surface area (Å²) in [5.74, 6) is 1.77. The zero-order chi connectivity index (χ0) is 13.1. The molecule has 0 spiro atoms. The predicted octanol–water partition coefficient (Wildman–Crippen LogP) is 4.73. The van der Waals surface area contributed by atoms with Gasteiger partial charge in [-0.3, -0.25) is 0 Å². The van der Waals surface area contributed by atoms with Crippen LogP contribution in [-0.2, 0) is 0 Å². The van der Waals surface area contributed by atoms with Gasteiger partial charge in [-0.2, -0.15) is 0 Å². The van der Waals surface area contributed by atoms with E-state index in [0.29, 0.717) is 5.28 Å². The molecule has 0 aliphatic heterocycles. The van der Waals surface area contributed by atoms with E-state index in [9.17, 15) is 0 Å². The number of hydrogen-bond acceptors (Lipinski definition) is 4. The van der Waals surface area contributed by atoms with Crippen molar-refractivity contribution >= 4 is 39.0 Å². The van der Waals surface area contributed by atoms with Crippen LogP contribution in [0.2, 0.25) is 5.28 Å². The van der Waals surface area contributed by atoms with Gasteiger partial charge in [0.25, 0.3) is 0 Å². The van der Waals surface area contributed by atoms with Gasteiger partial charge in [-0.25, -0.2) is 9.97 Å². The molecule has 0 aromatic carbocycles. The summed E-state index contributed by atoms with van der Waals surface area (Å²) in [6.07, 6.45) is 8.23. The van der Waals surface area contributed by atoms with Gasteiger partial charge in [-0.1, -0.05) is 32.1 Å². The smallest absolute Gasteiger partial charge is 0.225 e. The molecule has 102 valence electrons. The maximum atomic E-state index is 5.95. The number of aromatic nitrogens is 2. The molecule has 3 rings (SSSR count). The summed E-state index contributed by atoms with van der Waals surface area (Å²) >= 11 is 7.55. The first-order valence-electron chi connectivity index (χ1n) is 6.97. The highest BCUT2D eigenvalue weighted by molar-refractivity contribution is 7.16. The summed E-state index contributed by atoms with van der Waals surface area (Å²) in [6, 6.07) is 2.05. The Hall–Kier alpha value is -0.870. The standard InChI is InChI=1S/C14H18ClN3S/c15-14-17-12(11-7-9-19-13(11)18-14)16-8-6-10-4-2-1-3-5-10/h7,9-10H,1-6,8H2,(H,16,17,18). The molecule has 0 saturated heterocycles. The molecular weight excluding hydrogens is 278 g/mol. The van der Waals surface area contributed by atoms with Gasteiger partial charge in [0.15, 0.2) is 0 Å². The second-order valence-electron chi connectivity index (χ2n) is 5.20. The summed E-state index contributed by atoms with van der Waals surface area (Å²) in [4.78, 5) is 9.49. The number of hydrogen-bond donors (Lipinski definition) is 1. The summed E-state index contributed by atoms with van der Waals surface area (Å²) in [6.45, 7) is 0.975. The van der Waals surface area contributed by atoms with E-state index in [-0.39, 0.29) is 0 Å². The van der Waals surface area contributed by atoms with Crippen LogP contribution in [0.25, 0.3) is 10.2 Å². The Balaban J connectivity index is 1.63. The van der Waals surface area contributed by atoms with Crippen LogP contribution < -0.4 is 5.32 Å². The first kappa shape index (κ1) is 13.1. The third-order valence-corrected chi connectivity index (χ3v) is 4.84. The molecule has 0 unspecified atom stereocenters. The van der Waals surface area contributed by atoms with Gasteiger partial charge >= 0.3 is 0 Å². The summed E-state index contributed by atoms with van der Waals surface area (Å²) in [7, 11) is 0. The molecule has 1 saturated carbocycles. The van der Waals surface area contributed by atoms with Crippen molar-refractivity contribution in [1.29, 1.82) is 0 Å². The number of rotatable bonds is 4. The largest absolute Gasteiger partial charge is 0.369 e. The molecule has 1 aliphatic carbocycles. The van der Waals surface area contributed by atoms with Crippen LogP contribution >= 0.6 is 22.9 Å². The van der Waals surface area contributed by atoms with Crippen LogP contribution in [-0.4, -0.2) is 16.5 Å². The molecule has 1 fully saturated rings. The normalized spacial score (nSPS) is 16.9. The Morgan fingerprint density at radius 1 is 1.26 bits per heavy atom. The van der Waals surface area contributed by atoms with Crippen LogP contribution in [0.5, 0.6) is 0 Å². The Morgan fingerprint density at radius 2 is 2.11 bits per heavy atom. The van der Waals surface area contributed by atoms with Crippen LogP contribution in [0.15, 0.2) is 11.4 Å². The molecule has 1 aliphatic rings. The van der Waals surface area contributed by atoms with Gasteiger partial charge in [0.05, 0.1) is 5.39 Å². The predicted molar refractivity (Wildman–Crippen MR) is 82.1 cm³/mol. The SMILES string of the molecule is Clc1nc(NCCC2CCCCC2)c2ccsc2n1. The number of nitrogens with one attached hydrogen (secondary N) is 1. The quantitative estimate of drug-likeness (QED) is 0.829. The minimum absolute atomic E-state index is 0.329. The zero-order valence-corrected chi connectivity index (χ0v) is 12.4. The van der Waals surface area contributed by atoms with Crippen molar-refractivity contribution in [2.75, 3.05) is 11.9 Å². The highest BCUT2D eigenvalue weighted by Gasteiger charge is 2.13. The monoisotopic (exact) mass is 295 g/mol. The molecular formula is C14H18ClN3S. The van der Waals surface area contributed by atoms with Crippen molar-refractivity contribution in [2.24, 2.45) is 5.92 Å². The Kier molecular flexibility index (Phi) is 4.18. The third-order valence-electron chi connectivity index (χ3n) is 3.87. The second kappa shape index (κ2) is 6.06. The van der Waals surface area contributed by atoms with E-state index in [1.807, 2.05) is 5.38 Å². The number of fused-ring (bicyclic) bond motifs is 1. The maximum absolute atomic E-state index is 5.95. The van der Waals surface area contributed by atoms with E-state index in [2.05, 4.69) is 21.4 Å². The number of halogens is 1. The van der Waals surface area contributed by atoms with E-state index in [4.69, 9.17) is 11.6 Å². The van der Waals surface area contributed by atoms with Gasteiger partial charge in [0.1, 0.15) is 10.6 Å². The number of thiophene rings is 1. The molecule has 2 aromatic rings. The minimum Gasteiger partial charge on any atom is -0.369 e. The van der Waals surface area contributed by atoms with Crippen molar-refractivity contribution < 1.29 is 0 Å². The Bertz CT molecular complexity index is 549. The molecule has 0 atom stereocenters. The van der Waals surface area contributed by atoms with Gasteiger partial charge in [-0.05, 0) is 35.4 Å². The van der Waals surface area contributed by atoms with Gasteiger partial charge in [0.2, 0.25) is 5.28 Å². The van der Waals surface area contributed by atoms with Gasteiger partial charge in [-0.15, -0.1) is 11.3 Å². The summed E-state index contributed by atoms with van der Waals surface area (Å²) in [5, 5.41) is 6.87. The fraction of sp³-hybridized carbons (Fsp3) is 0.571. The minimum atomic E-state index is 0.329. The Morgan fingerprint density at radius 3 is 2.95 bits per heavy atom. The van der Waals surface area contributed by atoms with E-state index >= 15 is 0 Å². The van der Waals surface area contributed by atoms with E-state index in [1.165, 1.54) is 38.5 Å². The average Bonchev–Trinajstić information content (AvgIpc) is 2.88. The molecule has 0 radical (unpaired) electrons. The first-order valence-corrected chi connectivity index (χ1v) is 8.23. The fourth-order valence-electron chi connectivity index (χ4n) is 2.83. The lowest BCUT2D eigenvalue weighted by Crippen LogP contribution is -2.13. The van der Waals surface area contributed by atoms with Crippen LogP contribution in [0.4, 0.5) is 5.82 Å². The number of anilines is 1. The molecule has 0 bridgehead atoms. The zero-order valence-electron chi connectivity index (χ0n) is 10.9. The van der Waals surface area contributed by atoms with E-state index in [1.54, 1.807) is 11.3 Å². The van der Waals surface area contributed by atoms with Crippen LogP contribution in [0, 0.1) is 5.92 Å². The van der Waals surface area contributed by atoms with Crippen LogP contribution in [0.3, 0.4) is 0 Å². The van der Waals surface area contributed by atoms with E-state index < -0.39 is 0 Å². The molecule has 5 heteroatoms. The van der Waals surface area contributed by atoms with Crippen molar-refractivity contribution in [3.8, 4) is 0 Å². The van der Waals surface area contributed by atoms with Crippen LogP contribution in [0.1, 0.15) is 38.5 Å². The summed E-state index contributed by atoms with van der Waals surface area (Å²) in [5.41, 5.74) is 0. The third kappa shape index (κ3) is 3.18. The topological polar surface area (TPSA) is 37.8 Å². The average molecular weight is 296 g/mol. The van der Waals surface area contributed by atoms with Crippen molar-refractivity contribution in [3.05, 3.63) is 16.7 Å². The van der Waals surface area contributed by atoms with E-state index in [0.717, 1.165) is 28.5 Å². The lowest BCUT2D eigenvalue weighted by molar-refractivity contribution is 0.345. The highest BCUT2D eigenvalue weighted by Crippen LogP contribution is 2.28. The van der Waals surface area contributed by atoms with Crippen molar-refractivity contribution in [1.82, 2.24) is 9.97 Å². The lowest BCUT2D eigenvalue weighted by Gasteiger charge is -2.21. The molecule has 3 nitrogen and oxygen atoms in total. The van der Waals surface area contributed by atoms with Gasteiger partial charge < -0.3 is 5.32 Å².